The molecule has 0 spiro atoms. The van der Waals surface area contributed by atoms with Gasteiger partial charge in [-0.3, -0.25) is 9.48 Å². The highest BCUT2D eigenvalue weighted by Gasteiger charge is 2.29. The number of nitrogens with zero attached hydrogens (tertiary/aromatic N) is 2. The molecule has 0 atom stereocenters. The summed E-state index contributed by atoms with van der Waals surface area (Å²) in [5.41, 5.74) is 7.37. The largest absolute Gasteiger partial charge is 0.455 e. The Morgan fingerprint density at radius 3 is 2.19 bits per heavy atom. The molecule has 4 nitrogen and oxygen atoms in total. The van der Waals surface area contributed by atoms with Crippen molar-refractivity contribution in [2.75, 3.05) is 0 Å². The molecule has 158 valence electrons. The Labute approximate surface area is 191 Å². The Morgan fingerprint density at radius 1 is 0.906 bits per heavy atom. The Balaban J connectivity index is 1.80. The van der Waals surface area contributed by atoms with Crippen LogP contribution >= 0.6 is 11.6 Å². The minimum absolute atomic E-state index is 0.0374. The van der Waals surface area contributed by atoms with E-state index >= 15 is 0 Å². The van der Waals surface area contributed by atoms with Gasteiger partial charge in [-0.2, -0.15) is 5.10 Å². The normalized spacial score (nSPS) is 13.8. The van der Waals surface area contributed by atoms with Crippen LogP contribution < -0.4 is 4.74 Å². The number of carbonyl (C=O) groups excluding carboxylic acids is 1. The first-order valence-electron chi connectivity index (χ1n) is 10.3. The van der Waals surface area contributed by atoms with E-state index in [1.807, 2.05) is 55.7 Å². The van der Waals surface area contributed by atoms with Crippen LogP contribution in [-0.4, -0.2) is 15.6 Å². The maximum Gasteiger partial charge on any atom is 0.159 e. The Bertz CT molecular complexity index is 1380. The molecule has 32 heavy (non-hydrogen) atoms. The zero-order valence-corrected chi connectivity index (χ0v) is 18.8. The first-order chi connectivity index (χ1) is 15.4. The minimum atomic E-state index is 0.0374. The molecule has 5 heteroatoms. The zero-order valence-electron chi connectivity index (χ0n) is 18.0. The van der Waals surface area contributed by atoms with E-state index in [9.17, 15) is 4.79 Å². The Kier molecular flexibility index (Phi) is 4.95. The van der Waals surface area contributed by atoms with Crippen molar-refractivity contribution in [3.8, 4) is 17.0 Å². The third-order valence-corrected chi connectivity index (χ3v) is 5.86. The molecule has 2 heterocycles. The molecule has 1 aromatic heterocycles. The summed E-state index contributed by atoms with van der Waals surface area (Å²) in [4.78, 5) is 11.8. The van der Waals surface area contributed by atoms with E-state index in [0.29, 0.717) is 16.3 Å². The van der Waals surface area contributed by atoms with Crippen molar-refractivity contribution in [1.29, 1.82) is 0 Å². The fraction of sp³-hybridized carbons (Fsp3) is 0.111. The van der Waals surface area contributed by atoms with Gasteiger partial charge < -0.3 is 4.74 Å². The molecule has 0 radical (unpaired) electrons. The number of benzene rings is 3. The quantitative estimate of drug-likeness (QED) is 0.339. The molecule has 1 aliphatic rings. The van der Waals surface area contributed by atoms with Gasteiger partial charge >= 0.3 is 0 Å². The highest BCUT2D eigenvalue weighted by atomic mass is 35.5. The zero-order chi connectivity index (χ0) is 22.4. The molecule has 0 fully saturated rings. The van der Waals surface area contributed by atoms with Gasteiger partial charge in [0.15, 0.2) is 5.78 Å². The van der Waals surface area contributed by atoms with E-state index in [4.69, 9.17) is 21.4 Å². The van der Waals surface area contributed by atoms with Gasteiger partial charge in [0, 0.05) is 35.0 Å². The molecular formula is C27H21ClN2O2. The van der Waals surface area contributed by atoms with Crippen LogP contribution in [0, 0.1) is 6.92 Å². The van der Waals surface area contributed by atoms with Gasteiger partial charge in [-0.05, 0) is 43.2 Å². The summed E-state index contributed by atoms with van der Waals surface area (Å²) in [6, 6.07) is 21.6. The number of aromatic nitrogens is 2. The molecule has 4 aromatic rings. The van der Waals surface area contributed by atoms with Crippen LogP contribution in [0.5, 0.6) is 5.75 Å². The average molecular weight is 441 g/mol. The molecule has 3 aromatic carbocycles. The second kappa shape index (κ2) is 7.81. The lowest BCUT2D eigenvalue weighted by atomic mass is 9.91. The molecule has 0 unspecified atom stereocenters. The van der Waals surface area contributed by atoms with Gasteiger partial charge in [0.05, 0.1) is 5.56 Å². The van der Waals surface area contributed by atoms with Crippen LogP contribution in [0.3, 0.4) is 0 Å². The van der Waals surface area contributed by atoms with E-state index in [0.717, 1.165) is 39.3 Å². The Morgan fingerprint density at radius 2 is 1.53 bits per heavy atom. The third-order valence-electron chi connectivity index (χ3n) is 5.63. The van der Waals surface area contributed by atoms with Gasteiger partial charge in [0.2, 0.25) is 0 Å². The monoisotopic (exact) mass is 440 g/mol. The summed E-state index contributed by atoms with van der Waals surface area (Å²) in [6.45, 7) is 3.64. The second-order valence-electron chi connectivity index (χ2n) is 8.01. The number of rotatable bonds is 3. The number of Topliss-reactive ketones (excluding diaryl/α,β-unsaturated/α-hetero) is 1. The van der Waals surface area contributed by atoms with Crippen LogP contribution in [-0.2, 0) is 7.05 Å². The molecule has 0 aliphatic carbocycles. The van der Waals surface area contributed by atoms with E-state index in [2.05, 4.69) is 31.2 Å². The van der Waals surface area contributed by atoms with Crippen LogP contribution in [0.2, 0.25) is 5.02 Å². The number of ether oxygens (including phenoxy) is 1. The fourth-order valence-electron chi connectivity index (χ4n) is 4.00. The first kappa shape index (κ1) is 20.3. The van der Waals surface area contributed by atoms with Gasteiger partial charge in [-0.1, -0.05) is 65.7 Å². The van der Waals surface area contributed by atoms with Crippen molar-refractivity contribution in [3.63, 3.8) is 0 Å². The number of ketones is 1. The van der Waals surface area contributed by atoms with Gasteiger partial charge in [0.1, 0.15) is 17.2 Å². The van der Waals surface area contributed by atoms with Gasteiger partial charge in [-0.15, -0.1) is 0 Å². The molecule has 1 aliphatic heterocycles. The summed E-state index contributed by atoms with van der Waals surface area (Å²) in [5.74, 6) is 1.47. The first-order valence-corrected chi connectivity index (χ1v) is 10.7. The number of aryl methyl sites for hydroxylation is 2. The van der Waals surface area contributed by atoms with Crippen molar-refractivity contribution >= 4 is 28.7 Å². The summed E-state index contributed by atoms with van der Waals surface area (Å²) in [6.07, 6.45) is 1.96. The lowest BCUT2D eigenvalue weighted by molar-refractivity contribution is 0.101. The second-order valence-corrected chi connectivity index (χ2v) is 8.45. The standard InChI is InChI=1S/C27H21ClN2O2/c1-16-4-6-19(7-5-16)25(20-10-8-18(9-11-20)17(2)31)27-23-15-30(3)29-26(23)22-14-21(28)12-13-24(22)32-27/h4-15H,1-3H3. The molecule has 5 rings (SSSR count). The van der Waals surface area contributed by atoms with Crippen molar-refractivity contribution in [2.24, 2.45) is 7.05 Å². The molecular weight excluding hydrogens is 420 g/mol. The smallest absolute Gasteiger partial charge is 0.159 e. The lowest BCUT2D eigenvalue weighted by Crippen LogP contribution is -2.07. The molecule has 0 N–H and O–H groups in total. The van der Waals surface area contributed by atoms with E-state index in [1.165, 1.54) is 5.56 Å². The van der Waals surface area contributed by atoms with Gasteiger partial charge in [0.25, 0.3) is 0 Å². The summed E-state index contributed by atoms with van der Waals surface area (Å²) in [5, 5.41) is 5.34. The van der Waals surface area contributed by atoms with Crippen molar-refractivity contribution in [2.45, 2.75) is 13.8 Å². The van der Waals surface area contributed by atoms with Crippen molar-refractivity contribution < 1.29 is 9.53 Å². The van der Waals surface area contributed by atoms with Crippen LogP contribution in [0.15, 0.2) is 72.9 Å². The SMILES string of the molecule is CC(=O)c1ccc(C(=C2Oc3ccc(Cl)cc3-c3nn(C)cc32)c2ccc(C)cc2)cc1. The summed E-state index contributed by atoms with van der Waals surface area (Å²) < 4.78 is 8.29. The number of carbonyl (C=O) groups is 1. The van der Waals surface area contributed by atoms with E-state index in [1.54, 1.807) is 11.6 Å². The predicted molar refractivity (Wildman–Crippen MR) is 128 cm³/mol. The maximum atomic E-state index is 11.8. The number of fused-ring (bicyclic) bond motifs is 3. The topological polar surface area (TPSA) is 44.1 Å². The average Bonchev–Trinajstić information content (AvgIpc) is 3.18. The van der Waals surface area contributed by atoms with Crippen LogP contribution in [0.25, 0.3) is 22.6 Å². The summed E-state index contributed by atoms with van der Waals surface area (Å²) in [7, 11) is 1.90. The third kappa shape index (κ3) is 3.53. The lowest BCUT2D eigenvalue weighted by Gasteiger charge is -2.23. The molecule has 0 saturated heterocycles. The number of hydrogen-bond donors (Lipinski definition) is 0. The van der Waals surface area contributed by atoms with E-state index < -0.39 is 0 Å². The van der Waals surface area contributed by atoms with Crippen LogP contribution in [0.4, 0.5) is 0 Å². The highest BCUT2D eigenvalue weighted by molar-refractivity contribution is 6.31. The van der Waals surface area contributed by atoms with E-state index in [-0.39, 0.29) is 5.78 Å². The predicted octanol–water partition coefficient (Wildman–Crippen LogP) is 6.56. The number of halogens is 1. The molecule has 0 amide bonds. The maximum absolute atomic E-state index is 11.8. The molecule has 0 bridgehead atoms. The minimum Gasteiger partial charge on any atom is -0.455 e. The molecule has 0 saturated carbocycles. The highest BCUT2D eigenvalue weighted by Crippen LogP contribution is 2.45. The Hall–Kier alpha value is -3.63. The summed E-state index contributed by atoms with van der Waals surface area (Å²) >= 11 is 6.27. The van der Waals surface area contributed by atoms with Crippen molar-refractivity contribution in [3.05, 3.63) is 106 Å². The van der Waals surface area contributed by atoms with Crippen LogP contribution in [0.1, 0.15) is 39.5 Å². The number of hydrogen-bond acceptors (Lipinski definition) is 3. The van der Waals surface area contributed by atoms with Crippen molar-refractivity contribution in [1.82, 2.24) is 9.78 Å². The van der Waals surface area contributed by atoms with Gasteiger partial charge in [-0.25, -0.2) is 0 Å². The fourth-order valence-corrected chi connectivity index (χ4v) is 4.17.